The van der Waals surface area contributed by atoms with Gasteiger partial charge in [-0.15, -0.1) is 11.3 Å². The molecule has 4 aromatic rings. The highest BCUT2D eigenvalue weighted by atomic mass is 32.2. The molecule has 1 N–H and O–H groups in total. The fourth-order valence-electron chi connectivity index (χ4n) is 3.79. The van der Waals surface area contributed by atoms with E-state index in [1.807, 2.05) is 54.1 Å². The first-order valence-electron chi connectivity index (χ1n) is 10.5. The van der Waals surface area contributed by atoms with Gasteiger partial charge in [0.25, 0.3) is 5.91 Å². The molecule has 0 aliphatic heterocycles. The Morgan fingerprint density at radius 1 is 1.19 bits per heavy atom. The van der Waals surface area contributed by atoms with E-state index in [-0.39, 0.29) is 23.5 Å². The minimum Gasteiger partial charge on any atom is -0.349 e. The van der Waals surface area contributed by atoms with Gasteiger partial charge in [-0.05, 0) is 44.9 Å². The number of rotatable bonds is 7. The van der Waals surface area contributed by atoms with Crippen molar-refractivity contribution in [2.45, 2.75) is 37.8 Å². The maximum Gasteiger partial charge on any atom is 0.252 e. The number of aromatic nitrogens is 3. The maximum absolute atomic E-state index is 13.1. The molecule has 3 aromatic heterocycles. The summed E-state index contributed by atoms with van der Waals surface area (Å²) in [5.74, 6) is 0.202. The van der Waals surface area contributed by atoms with E-state index in [2.05, 4.69) is 15.3 Å². The van der Waals surface area contributed by atoms with Crippen molar-refractivity contribution in [2.75, 3.05) is 5.75 Å². The molecule has 1 aromatic carbocycles. The van der Waals surface area contributed by atoms with E-state index in [0.717, 1.165) is 40.3 Å². The first kappa shape index (κ1) is 20.9. The molecule has 0 bridgehead atoms. The molecule has 1 amide bonds. The zero-order valence-corrected chi connectivity index (χ0v) is 19.4. The highest BCUT2D eigenvalue weighted by Gasteiger charge is 2.25. The molecule has 0 saturated heterocycles. The minimum absolute atomic E-state index is 0.0323. The van der Waals surface area contributed by atoms with Gasteiger partial charge < -0.3 is 5.32 Å². The van der Waals surface area contributed by atoms with Crippen LogP contribution in [0.15, 0.2) is 53.0 Å². The number of pyridine rings is 1. The van der Waals surface area contributed by atoms with E-state index in [1.165, 1.54) is 11.8 Å². The van der Waals surface area contributed by atoms with Crippen LogP contribution < -0.4 is 5.32 Å². The Morgan fingerprint density at radius 3 is 2.75 bits per heavy atom. The van der Waals surface area contributed by atoms with Crippen molar-refractivity contribution in [2.24, 2.45) is 0 Å². The van der Waals surface area contributed by atoms with E-state index < -0.39 is 0 Å². The van der Waals surface area contributed by atoms with Gasteiger partial charge in [-0.1, -0.05) is 30.0 Å². The summed E-state index contributed by atoms with van der Waals surface area (Å²) < 4.78 is 2.01. The van der Waals surface area contributed by atoms with Gasteiger partial charge >= 0.3 is 0 Å². The summed E-state index contributed by atoms with van der Waals surface area (Å²) >= 11 is 2.90. The lowest BCUT2D eigenvalue weighted by Crippen LogP contribution is -2.25. The molecule has 32 heavy (non-hydrogen) atoms. The van der Waals surface area contributed by atoms with Crippen LogP contribution >= 0.6 is 23.1 Å². The second-order valence-corrected chi connectivity index (χ2v) is 9.79. The number of thiazole rings is 1. The molecule has 6 nitrogen and oxygen atoms in total. The van der Waals surface area contributed by atoms with Crippen LogP contribution in [0.4, 0.5) is 0 Å². The Balaban J connectivity index is 1.39. The van der Waals surface area contributed by atoms with Crippen molar-refractivity contribution in [1.29, 1.82) is 0 Å². The molecule has 1 fully saturated rings. The minimum atomic E-state index is -0.0775. The predicted molar refractivity (Wildman–Crippen MR) is 128 cm³/mol. The van der Waals surface area contributed by atoms with Crippen LogP contribution in [0.3, 0.4) is 0 Å². The van der Waals surface area contributed by atoms with Crippen molar-refractivity contribution < 1.29 is 9.59 Å². The summed E-state index contributed by atoms with van der Waals surface area (Å²) in [5, 5.41) is 7.34. The van der Waals surface area contributed by atoms with Crippen molar-refractivity contribution in [3.8, 4) is 5.13 Å². The lowest BCUT2D eigenvalue weighted by molar-refractivity contribution is 0.0951. The highest BCUT2D eigenvalue weighted by molar-refractivity contribution is 7.99. The summed E-state index contributed by atoms with van der Waals surface area (Å²) in [7, 11) is 0. The number of amides is 1. The third-order valence-electron chi connectivity index (χ3n) is 5.54. The fourth-order valence-corrected chi connectivity index (χ4v) is 5.34. The number of nitrogens with zero attached hydrogens (tertiary/aromatic N) is 3. The van der Waals surface area contributed by atoms with E-state index in [0.29, 0.717) is 16.2 Å². The first-order chi connectivity index (χ1) is 15.5. The molecule has 1 saturated carbocycles. The summed E-state index contributed by atoms with van der Waals surface area (Å²) in [4.78, 5) is 34.9. The molecule has 0 unspecified atom stereocenters. The predicted octanol–water partition coefficient (Wildman–Crippen LogP) is 4.97. The van der Waals surface area contributed by atoms with Gasteiger partial charge in [0.05, 0.1) is 21.9 Å². The smallest absolute Gasteiger partial charge is 0.252 e. The quantitative estimate of drug-likeness (QED) is 0.310. The van der Waals surface area contributed by atoms with Gasteiger partial charge in [0, 0.05) is 40.0 Å². The van der Waals surface area contributed by atoms with Crippen LogP contribution in [0.25, 0.3) is 16.0 Å². The van der Waals surface area contributed by atoms with Gasteiger partial charge in [-0.25, -0.2) is 9.97 Å². The number of aryl methyl sites for hydroxylation is 1. The Kier molecular flexibility index (Phi) is 5.57. The number of thioether (sulfide) groups is 1. The SMILES string of the molecule is Cc1cc(C(=O)CSc2cc(C(=O)NC3CC3)c3ccccc3n2)c(C)n1-c1nccs1. The molecule has 3 heterocycles. The standard InChI is InChI=1S/C24H22N4O2S2/c1-14-11-18(15(2)28(14)24-25-9-10-31-24)21(29)13-32-22-12-19(23(30)26-16-7-8-16)17-5-3-4-6-20(17)27-22/h3-6,9-12,16H,7-8,13H2,1-2H3,(H,26,30). The van der Waals surface area contributed by atoms with E-state index in [1.54, 1.807) is 23.6 Å². The molecular formula is C24H22N4O2S2. The third-order valence-corrected chi connectivity index (χ3v) is 7.21. The highest BCUT2D eigenvalue weighted by Crippen LogP contribution is 2.28. The topological polar surface area (TPSA) is 76.9 Å². The van der Waals surface area contributed by atoms with Crippen molar-refractivity contribution in [3.63, 3.8) is 0 Å². The second kappa shape index (κ2) is 8.52. The van der Waals surface area contributed by atoms with Crippen molar-refractivity contribution in [1.82, 2.24) is 19.9 Å². The molecular weight excluding hydrogens is 440 g/mol. The molecule has 1 aliphatic carbocycles. The lowest BCUT2D eigenvalue weighted by Gasteiger charge is -2.10. The second-order valence-electron chi connectivity index (χ2n) is 7.92. The van der Waals surface area contributed by atoms with Crippen LogP contribution in [0.5, 0.6) is 0 Å². The summed E-state index contributed by atoms with van der Waals surface area (Å²) in [5.41, 5.74) is 3.93. The number of hydrogen-bond donors (Lipinski definition) is 1. The lowest BCUT2D eigenvalue weighted by atomic mass is 10.1. The van der Waals surface area contributed by atoms with Crippen molar-refractivity contribution >= 4 is 45.7 Å². The number of Topliss-reactive ketones (excluding diaryl/α,β-unsaturated/α-hetero) is 1. The van der Waals surface area contributed by atoms with Gasteiger partial charge in [0.1, 0.15) is 0 Å². The number of para-hydroxylation sites is 1. The van der Waals surface area contributed by atoms with E-state index >= 15 is 0 Å². The summed E-state index contributed by atoms with van der Waals surface area (Å²) in [6.07, 6.45) is 3.83. The molecule has 0 atom stereocenters. The zero-order valence-electron chi connectivity index (χ0n) is 17.8. The molecule has 0 spiro atoms. The largest absolute Gasteiger partial charge is 0.349 e. The molecule has 0 radical (unpaired) electrons. The number of benzene rings is 1. The zero-order chi connectivity index (χ0) is 22.2. The Morgan fingerprint density at radius 2 is 2.00 bits per heavy atom. The normalized spacial score (nSPS) is 13.4. The summed E-state index contributed by atoms with van der Waals surface area (Å²) in [6.45, 7) is 3.93. The van der Waals surface area contributed by atoms with Crippen LogP contribution in [0.1, 0.15) is 44.9 Å². The monoisotopic (exact) mass is 462 g/mol. The number of hydrogen-bond acceptors (Lipinski definition) is 6. The fraction of sp³-hybridized carbons (Fsp3) is 0.250. The number of carbonyl (C=O) groups is 2. The number of carbonyl (C=O) groups excluding carboxylic acids is 2. The molecule has 5 rings (SSSR count). The van der Waals surface area contributed by atoms with Crippen LogP contribution in [-0.4, -0.2) is 38.0 Å². The molecule has 1 aliphatic rings. The Bertz CT molecular complexity index is 1320. The molecule has 8 heteroatoms. The van der Waals surface area contributed by atoms with E-state index in [9.17, 15) is 9.59 Å². The summed E-state index contributed by atoms with van der Waals surface area (Å²) in [6, 6.07) is 11.6. The van der Waals surface area contributed by atoms with Gasteiger partial charge in [-0.2, -0.15) is 0 Å². The molecule has 162 valence electrons. The van der Waals surface area contributed by atoms with Gasteiger partial charge in [0.2, 0.25) is 0 Å². The average molecular weight is 463 g/mol. The van der Waals surface area contributed by atoms with Crippen LogP contribution in [0, 0.1) is 13.8 Å². The van der Waals surface area contributed by atoms with Gasteiger partial charge in [0.15, 0.2) is 10.9 Å². The number of fused-ring (bicyclic) bond motifs is 1. The van der Waals surface area contributed by atoms with Crippen LogP contribution in [-0.2, 0) is 0 Å². The average Bonchev–Trinajstić information content (AvgIpc) is 3.34. The number of ketones is 1. The Labute approximate surface area is 194 Å². The van der Waals surface area contributed by atoms with E-state index in [4.69, 9.17) is 0 Å². The maximum atomic E-state index is 13.1. The van der Waals surface area contributed by atoms with Crippen LogP contribution in [0.2, 0.25) is 0 Å². The van der Waals surface area contributed by atoms with Gasteiger partial charge in [-0.3, -0.25) is 14.2 Å². The first-order valence-corrected chi connectivity index (χ1v) is 12.3. The van der Waals surface area contributed by atoms with Crippen molar-refractivity contribution in [3.05, 3.63) is 70.5 Å². The number of nitrogens with one attached hydrogen (secondary N) is 1. The third kappa shape index (κ3) is 4.08. The Hall–Kier alpha value is -2.97.